The number of halogens is 1. The van der Waals surface area contributed by atoms with Crippen LogP contribution < -0.4 is 4.90 Å². The van der Waals surface area contributed by atoms with Gasteiger partial charge in [0.25, 0.3) is 0 Å². The van der Waals surface area contributed by atoms with Crippen molar-refractivity contribution in [3.05, 3.63) is 10.0 Å². The van der Waals surface area contributed by atoms with Gasteiger partial charge in [-0.1, -0.05) is 29.4 Å². The number of rotatable bonds is 4. The number of carboxylic acid groups (broad SMARTS) is 1. The van der Waals surface area contributed by atoms with Crippen LogP contribution in [0.4, 0.5) is 5.13 Å². The van der Waals surface area contributed by atoms with E-state index in [1.54, 1.807) is 0 Å². The first-order valence-corrected chi connectivity index (χ1v) is 7.84. The van der Waals surface area contributed by atoms with E-state index < -0.39 is 5.97 Å². The molecule has 1 heterocycles. The van der Waals surface area contributed by atoms with Crippen LogP contribution in [0.5, 0.6) is 0 Å². The molecule has 0 aliphatic heterocycles. The van der Waals surface area contributed by atoms with Crippen LogP contribution in [0.15, 0.2) is 0 Å². The number of nitrogens with zero attached hydrogens (tertiary/aromatic N) is 2. The molecule has 2 bridgehead atoms. The van der Waals surface area contributed by atoms with Crippen LogP contribution in [0.1, 0.15) is 35.4 Å². The predicted molar refractivity (Wildman–Crippen MR) is 76.3 cm³/mol. The smallest absolute Gasteiger partial charge is 0.349 e. The van der Waals surface area contributed by atoms with E-state index >= 15 is 0 Å². The number of carboxylic acids is 1. The van der Waals surface area contributed by atoms with E-state index in [2.05, 4.69) is 9.88 Å². The number of anilines is 1. The Balaban J connectivity index is 1.68. The molecule has 2 aliphatic carbocycles. The number of hydrogen-bond donors (Lipinski definition) is 1. The summed E-state index contributed by atoms with van der Waals surface area (Å²) in [5.41, 5.74) is 0. The average molecular weight is 301 g/mol. The van der Waals surface area contributed by atoms with Crippen molar-refractivity contribution in [1.29, 1.82) is 0 Å². The first-order valence-electron chi connectivity index (χ1n) is 6.65. The third kappa shape index (κ3) is 2.46. The monoisotopic (exact) mass is 300 g/mol. The zero-order chi connectivity index (χ0) is 13.6. The van der Waals surface area contributed by atoms with Crippen molar-refractivity contribution < 1.29 is 9.90 Å². The van der Waals surface area contributed by atoms with Gasteiger partial charge in [-0.2, -0.15) is 0 Å². The third-order valence-corrected chi connectivity index (χ3v) is 6.03. The van der Waals surface area contributed by atoms with Crippen molar-refractivity contribution in [3.8, 4) is 0 Å². The topological polar surface area (TPSA) is 53.4 Å². The molecule has 0 aromatic carbocycles. The molecule has 0 spiro atoms. The summed E-state index contributed by atoms with van der Waals surface area (Å²) < 4.78 is 0. The minimum Gasteiger partial charge on any atom is -0.477 e. The second-order valence-electron chi connectivity index (χ2n) is 5.74. The van der Waals surface area contributed by atoms with Crippen LogP contribution in [0.25, 0.3) is 0 Å². The molecule has 2 saturated carbocycles. The molecular weight excluding hydrogens is 284 g/mol. The Morgan fingerprint density at radius 1 is 1.53 bits per heavy atom. The lowest BCUT2D eigenvalue weighted by atomic mass is 9.88. The van der Waals surface area contributed by atoms with Crippen molar-refractivity contribution in [1.82, 2.24) is 4.98 Å². The molecule has 3 unspecified atom stereocenters. The molecule has 0 saturated heterocycles. The lowest BCUT2D eigenvalue weighted by Crippen LogP contribution is -2.28. The molecule has 1 aromatic rings. The Kier molecular flexibility index (Phi) is 3.43. The maximum atomic E-state index is 11.0. The molecule has 3 rings (SSSR count). The van der Waals surface area contributed by atoms with E-state index in [0.29, 0.717) is 5.13 Å². The molecule has 2 aliphatic rings. The highest BCUT2D eigenvalue weighted by Gasteiger charge is 2.39. The summed E-state index contributed by atoms with van der Waals surface area (Å²) in [6, 6.07) is 0. The van der Waals surface area contributed by atoms with Crippen LogP contribution in [0, 0.1) is 17.8 Å². The van der Waals surface area contributed by atoms with Crippen LogP contribution in [0.2, 0.25) is 5.15 Å². The normalized spacial score (nSPS) is 28.8. The van der Waals surface area contributed by atoms with Gasteiger partial charge < -0.3 is 10.0 Å². The fraction of sp³-hybridized carbons (Fsp3) is 0.692. The molecular formula is C13H17ClN2O2S. The number of hydrogen-bond acceptors (Lipinski definition) is 4. The lowest BCUT2D eigenvalue weighted by molar-refractivity contribution is 0.0702. The molecule has 2 fully saturated rings. The summed E-state index contributed by atoms with van der Waals surface area (Å²) in [5.74, 6) is 1.53. The Morgan fingerprint density at radius 3 is 2.84 bits per heavy atom. The summed E-state index contributed by atoms with van der Waals surface area (Å²) in [4.78, 5) is 17.3. The third-order valence-electron chi connectivity index (χ3n) is 4.49. The SMILES string of the molecule is CN(CC1CC2CCC1C2)c1nc(Cl)c(C(=O)O)s1. The van der Waals surface area contributed by atoms with E-state index in [9.17, 15) is 4.79 Å². The van der Waals surface area contributed by atoms with E-state index in [0.717, 1.165) is 35.6 Å². The minimum atomic E-state index is -0.998. The number of thiazole rings is 1. The van der Waals surface area contributed by atoms with Crippen molar-refractivity contribution in [2.24, 2.45) is 17.8 Å². The van der Waals surface area contributed by atoms with Crippen molar-refractivity contribution in [2.45, 2.75) is 25.7 Å². The van der Waals surface area contributed by atoms with Gasteiger partial charge in [0, 0.05) is 13.6 Å². The fourth-order valence-electron chi connectivity index (χ4n) is 3.62. The second-order valence-corrected chi connectivity index (χ2v) is 7.07. The Bertz CT molecular complexity index is 505. The van der Waals surface area contributed by atoms with Crippen LogP contribution in [-0.4, -0.2) is 29.7 Å². The van der Waals surface area contributed by atoms with Gasteiger partial charge in [-0.15, -0.1) is 0 Å². The highest BCUT2D eigenvalue weighted by Crippen LogP contribution is 2.48. The van der Waals surface area contributed by atoms with Crippen LogP contribution >= 0.6 is 22.9 Å². The van der Waals surface area contributed by atoms with Crippen LogP contribution in [0.3, 0.4) is 0 Å². The Labute approximate surface area is 121 Å². The van der Waals surface area contributed by atoms with Gasteiger partial charge in [0.15, 0.2) is 15.2 Å². The van der Waals surface area contributed by atoms with E-state index in [1.165, 1.54) is 25.7 Å². The number of aromatic carboxylic acids is 1. The van der Waals surface area contributed by atoms with E-state index in [1.807, 2.05) is 7.05 Å². The number of aromatic nitrogens is 1. The Morgan fingerprint density at radius 2 is 2.32 bits per heavy atom. The van der Waals surface area contributed by atoms with Gasteiger partial charge >= 0.3 is 5.97 Å². The summed E-state index contributed by atoms with van der Waals surface area (Å²) >= 11 is 7.02. The number of carbonyl (C=O) groups is 1. The highest BCUT2D eigenvalue weighted by molar-refractivity contribution is 7.18. The van der Waals surface area contributed by atoms with Gasteiger partial charge in [0.2, 0.25) is 0 Å². The lowest BCUT2D eigenvalue weighted by Gasteiger charge is -2.26. The van der Waals surface area contributed by atoms with Crippen molar-refractivity contribution in [3.63, 3.8) is 0 Å². The molecule has 1 aromatic heterocycles. The van der Waals surface area contributed by atoms with E-state index in [-0.39, 0.29) is 10.0 Å². The number of fused-ring (bicyclic) bond motifs is 2. The summed E-state index contributed by atoms with van der Waals surface area (Å²) in [5, 5.41) is 9.82. The van der Waals surface area contributed by atoms with Crippen molar-refractivity contribution in [2.75, 3.05) is 18.5 Å². The van der Waals surface area contributed by atoms with E-state index in [4.69, 9.17) is 16.7 Å². The highest BCUT2D eigenvalue weighted by atomic mass is 35.5. The fourth-order valence-corrected chi connectivity index (χ4v) is 4.71. The Hall–Kier alpha value is -0.810. The van der Waals surface area contributed by atoms with Gasteiger partial charge in [0.1, 0.15) is 0 Å². The quantitative estimate of drug-likeness (QED) is 0.926. The molecule has 1 N–H and O–H groups in total. The second kappa shape index (κ2) is 4.94. The minimum absolute atomic E-state index is 0.104. The standard InChI is InChI=1S/C13H17ClN2O2S/c1-16(6-9-5-7-2-3-8(9)4-7)13-15-11(14)10(19-13)12(17)18/h7-9H,2-6H2,1H3,(H,17,18). The van der Waals surface area contributed by atoms with Crippen molar-refractivity contribution >= 4 is 34.0 Å². The van der Waals surface area contributed by atoms with Crippen LogP contribution in [-0.2, 0) is 0 Å². The summed E-state index contributed by atoms with van der Waals surface area (Å²) in [6.45, 7) is 0.962. The molecule has 0 amide bonds. The molecule has 19 heavy (non-hydrogen) atoms. The molecule has 4 nitrogen and oxygen atoms in total. The maximum Gasteiger partial charge on any atom is 0.349 e. The zero-order valence-electron chi connectivity index (χ0n) is 10.8. The zero-order valence-corrected chi connectivity index (χ0v) is 12.4. The largest absolute Gasteiger partial charge is 0.477 e. The molecule has 0 radical (unpaired) electrons. The van der Waals surface area contributed by atoms with Gasteiger partial charge in [-0.25, -0.2) is 9.78 Å². The van der Waals surface area contributed by atoms with Gasteiger partial charge in [-0.3, -0.25) is 0 Å². The summed E-state index contributed by atoms with van der Waals surface area (Å²) in [6.07, 6.45) is 5.47. The average Bonchev–Trinajstić information content (AvgIpc) is 3.02. The molecule has 104 valence electrons. The molecule has 3 atom stereocenters. The van der Waals surface area contributed by atoms with Gasteiger partial charge in [0.05, 0.1) is 0 Å². The van der Waals surface area contributed by atoms with Gasteiger partial charge in [-0.05, 0) is 37.0 Å². The first-order chi connectivity index (χ1) is 9.04. The summed E-state index contributed by atoms with van der Waals surface area (Å²) in [7, 11) is 1.98. The maximum absolute atomic E-state index is 11.0. The molecule has 6 heteroatoms. The first kappa shape index (κ1) is 13.2. The predicted octanol–water partition coefficient (Wildman–Crippen LogP) is 3.37.